The molecular weight excluding hydrogens is 290 g/mol. The zero-order valence-corrected chi connectivity index (χ0v) is 14.2. The fourth-order valence-electron chi connectivity index (χ4n) is 2.99. The van der Waals surface area contributed by atoms with Crippen molar-refractivity contribution in [2.24, 2.45) is 0 Å². The van der Waals surface area contributed by atoms with Gasteiger partial charge >= 0.3 is 6.03 Å². The van der Waals surface area contributed by atoms with Crippen LogP contribution >= 0.6 is 0 Å². The number of aliphatic hydroxyl groups is 1. The van der Waals surface area contributed by atoms with Crippen molar-refractivity contribution in [1.29, 1.82) is 0 Å². The number of hydrogen-bond acceptors (Lipinski definition) is 3. The minimum atomic E-state index is -0.194. The molecule has 0 radical (unpaired) electrons. The number of benzene rings is 1. The molecule has 1 aliphatic rings. The number of carbonyl (C=O) groups excluding carboxylic acids is 1. The number of nitrogens with one attached hydrogen (secondary N) is 2. The molecule has 1 unspecified atom stereocenters. The predicted molar refractivity (Wildman–Crippen MR) is 92.4 cm³/mol. The molecule has 1 atom stereocenters. The van der Waals surface area contributed by atoms with Crippen molar-refractivity contribution in [2.45, 2.75) is 50.3 Å². The maximum Gasteiger partial charge on any atom is 0.315 e. The molecule has 1 fully saturated rings. The third kappa shape index (κ3) is 6.20. The summed E-state index contributed by atoms with van der Waals surface area (Å²) in [6, 6.07) is 10.7. The fraction of sp³-hybridized carbons (Fsp3) is 0.611. The van der Waals surface area contributed by atoms with Crippen LogP contribution in [0.2, 0.25) is 0 Å². The van der Waals surface area contributed by atoms with Crippen molar-refractivity contribution in [1.82, 2.24) is 15.5 Å². The van der Waals surface area contributed by atoms with E-state index in [4.69, 9.17) is 0 Å². The monoisotopic (exact) mass is 319 g/mol. The maximum atomic E-state index is 12.1. The van der Waals surface area contributed by atoms with E-state index in [1.165, 1.54) is 5.56 Å². The Morgan fingerprint density at radius 2 is 1.87 bits per heavy atom. The Balaban J connectivity index is 1.76. The van der Waals surface area contributed by atoms with E-state index in [1.54, 1.807) is 0 Å². The van der Waals surface area contributed by atoms with Gasteiger partial charge in [0.15, 0.2) is 0 Å². The Morgan fingerprint density at radius 3 is 2.48 bits per heavy atom. The summed E-state index contributed by atoms with van der Waals surface area (Å²) < 4.78 is 0. The van der Waals surface area contributed by atoms with Crippen LogP contribution in [0.4, 0.5) is 4.79 Å². The van der Waals surface area contributed by atoms with Gasteiger partial charge in [-0.05, 0) is 51.8 Å². The molecule has 5 heteroatoms. The Kier molecular flexibility index (Phi) is 6.86. The normalized spacial score (nSPS) is 22.6. The molecule has 2 rings (SSSR count). The SMILES string of the molecule is CN(C)C(CNC(=O)NC1CCC(O)CC1)Cc1ccccc1. The number of amides is 2. The lowest BCUT2D eigenvalue weighted by Gasteiger charge is -2.28. The minimum Gasteiger partial charge on any atom is -0.393 e. The number of hydrogen-bond donors (Lipinski definition) is 3. The van der Waals surface area contributed by atoms with Crippen LogP contribution in [-0.4, -0.2) is 54.9 Å². The Hall–Kier alpha value is -1.59. The van der Waals surface area contributed by atoms with E-state index >= 15 is 0 Å². The molecule has 1 aromatic rings. The second-order valence-corrected chi connectivity index (χ2v) is 6.67. The summed E-state index contributed by atoms with van der Waals surface area (Å²) in [5.74, 6) is 0. The highest BCUT2D eigenvalue weighted by molar-refractivity contribution is 5.74. The number of carbonyl (C=O) groups is 1. The average molecular weight is 319 g/mol. The summed E-state index contributed by atoms with van der Waals surface area (Å²) in [7, 11) is 4.07. The lowest BCUT2D eigenvalue weighted by atomic mass is 9.93. The number of nitrogens with zero attached hydrogens (tertiary/aromatic N) is 1. The molecule has 5 nitrogen and oxygen atoms in total. The summed E-state index contributed by atoms with van der Waals surface area (Å²) in [6.45, 7) is 0.614. The summed E-state index contributed by atoms with van der Waals surface area (Å²) in [6.07, 6.45) is 3.98. The van der Waals surface area contributed by atoms with Gasteiger partial charge in [0, 0.05) is 18.6 Å². The van der Waals surface area contributed by atoms with Crippen molar-refractivity contribution in [3.05, 3.63) is 35.9 Å². The van der Waals surface area contributed by atoms with Crippen LogP contribution in [-0.2, 0) is 6.42 Å². The summed E-state index contributed by atoms with van der Waals surface area (Å²) in [5.41, 5.74) is 1.27. The Bertz CT molecular complexity index is 470. The van der Waals surface area contributed by atoms with Crippen LogP contribution in [0.1, 0.15) is 31.2 Å². The van der Waals surface area contributed by atoms with Crippen molar-refractivity contribution in [3.63, 3.8) is 0 Å². The highest BCUT2D eigenvalue weighted by Crippen LogP contribution is 2.18. The zero-order valence-electron chi connectivity index (χ0n) is 14.2. The van der Waals surface area contributed by atoms with Crippen LogP contribution in [0.3, 0.4) is 0 Å². The highest BCUT2D eigenvalue weighted by Gasteiger charge is 2.21. The largest absolute Gasteiger partial charge is 0.393 e. The third-order valence-electron chi connectivity index (χ3n) is 4.57. The molecule has 0 heterocycles. The predicted octanol–water partition coefficient (Wildman–Crippen LogP) is 1.76. The van der Waals surface area contributed by atoms with Crippen molar-refractivity contribution >= 4 is 6.03 Å². The first-order chi connectivity index (χ1) is 11.0. The van der Waals surface area contributed by atoms with Gasteiger partial charge in [-0.3, -0.25) is 0 Å². The highest BCUT2D eigenvalue weighted by atomic mass is 16.3. The second-order valence-electron chi connectivity index (χ2n) is 6.67. The molecular formula is C18H29N3O2. The lowest BCUT2D eigenvalue weighted by molar-refractivity contribution is 0.117. The number of urea groups is 1. The first-order valence-electron chi connectivity index (χ1n) is 8.47. The maximum absolute atomic E-state index is 12.1. The third-order valence-corrected chi connectivity index (χ3v) is 4.57. The fourth-order valence-corrected chi connectivity index (χ4v) is 2.99. The number of aliphatic hydroxyl groups excluding tert-OH is 1. The molecule has 0 spiro atoms. The first-order valence-corrected chi connectivity index (χ1v) is 8.47. The van der Waals surface area contributed by atoms with Crippen LogP contribution in [0.25, 0.3) is 0 Å². The van der Waals surface area contributed by atoms with Gasteiger partial charge in [0.05, 0.1) is 6.10 Å². The van der Waals surface area contributed by atoms with Gasteiger partial charge in [-0.15, -0.1) is 0 Å². The standard InChI is InChI=1S/C18H29N3O2/c1-21(2)16(12-14-6-4-3-5-7-14)13-19-18(23)20-15-8-10-17(22)11-9-15/h3-7,15-17,22H,8-13H2,1-2H3,(H2,19,20,23). The molecule has 0 aliphatic heterocycles. The molecule has 1 aromatic carbocycles. The number of rotatable bonds is 6. The van der Waals surface area contributed by atoms with Gasteiger partial charge in [-0.25, -0.2) is 4.79 Å². The average Bonchev–Trinajstić information content (AvgIpc) is 2.54. The quantitative estimate of drug-likeness (QED) is 0.749. The van der Waals surface area contributed by atoms with E-state index < -0.39 is 0 Å². The van der Waals surface area contributed by atoms with Crippen LogP contribution in [0.15, 0.2) is 30.3 Å². The van der Waals surface area contributed by atoms with Crippen molar-refractivity contribution in [2.75, 3.05) is 20.6 Å². The minimum absolute atomic E-state index is 0.105. The van der Waals surface area contributed by atoms with Gasteiger partial charge in [0.2, 0.25) is 0 Å². The molecule has 0 bridgehead atoms. The summed E-state index contributed by atoms with van der Waals surface area (Å²) in [5, 5.41) is 15.5. The van der Waals surface area contributed by atoms with Crippen LogP contribution in [0, 0.1) is 0 Å². The topological polar surface area (TPSA) is 64.6 Å². The van der Waals surface area contributed by atoms with E-state index in [0.29, 0.717) is 6.54 Å². The van der Waals surface area contributed by atoms with Gasteiger partial charge in [-0.1, -0.05) is 30.3 Å². The Labute approximate surface area is 139 Å². The van der Waals surface area contributed by atoms with E-state index in [0.717, 1.165) is 32.1 Å². The smallest absolute Gasteiger partial charge is 0.315 e. The van der Waals surface area contributed by atoms with Gasteiger partial charge in [-0.2, -0.15) is 0 Å². The molecule has 2 amide bonds. The molecule has 0 saturated heterocycles. The second kappa shape index (κ2) is 8.89. The molecule has 1 aliphatic carbocycles. The zero-order chi connectivity index (χ0) is 16.7. The van der Waals surface area contributed by atoms with Crippen LogP contribution in [0.5, 0.6) is 0 Å². The Morgan fingerprint density at radius 1 is 1.22 bits per heavy atom. The molecule has 128 valence electrons. The molecule has 3 N–H and O–H groups in total. The van der Waals surface area contributed by atoms with E-state index in [-0.39, 0.29) is 24.2 Å². The van der Waals surface area contributed by atoms with E-state index in [1.807, 2.05) is 32.3 Å². The lowest BCUT2D eigenvalue weighted by Crippen LogP contribution is -2.48. The van der Waals surface area contributed by atoms with E-state index in [2.05, 4.69) is 27.7 Å². The molecule has 0 aromatic heterocycles. The van der Waals surface area contributed by atoms with Gasteiger partial charge < -0.3 is 20.6 Å². The summed E-state index contributed by atoms with van der Waals surface area (Å²) in [4.78, 5) is 14.2. The van der Waals surface area contributed by atoms with E-state index in [9.17, 15) is 9.90 Å². The van der Waals surface area contributed by atoms with Crippen molar-refractivity contribution in [3.8, 4) is 0 Å². The van der Waals surface area contributed by atoms with Gasteiger partial charge in [0.1, 0.15) is 0 Å². The summed E-state index contributed by atoms with van der Waals surface area (Å²) >= 11 is 0. The van der Waals surface area contributed by atoms with Crippen molar-refractivity contribution < 1.29 is 9.90 Å². The van der Waals surface area contributed by atoms with Crippen LogP contribution < -0.4 is 10.6 Å². The number of likely N-dealkylation sites (N-methyl/N-ethyl adjacent to an activating group) is 1. The van der Waals surface area contributed by atoms with Gasteiger partial charge in [0.25, 0.3) is 0 Å². The molecule has 1 saturated carbocycles. The first kappa shape index (κ1) is 17.8. The molecule has 23 heavy (non-hydrogen) atoms.